The molecule has 3 heteroatoms. The molecule has 3 nitrogen and oxygen atoms in total. The summed E-state index contributed by atoms with van der Waals surface area (Å²) in [6.45, 7) is 0. The minimum absolute atomic E-state index is 0.851. The fourth-order valence-corrected chi connectivity index (χ4v) is 2.92. The van der Waals surface area contributed by atoms with Crippen LogP contribution in [0.4, 0.5) is 0 Å². The van der Waals surface area contributed by atoms with Crippen molar-refractivity contribution in [2.75, 3.05) is 0 Å². The molecule has 0 spiro atoms. The molecule has 0 aliphatic heterocycles. The van der Waals surface area contributed by atoms with Gasteiger partial charge in [-0.3, -0.25) is 0 Å². The summed E-state index contributed by atoms with van der Waals surface area (Å²) in [6, 6.07) is 9.96. The predicted octanol–water partition coefficient (Wildman–Crippen LogP) is 5.08. The Labute approximate surface area is 107 Å². The highest BCUT2D eigenvalue weighted by Crippen LogP contribution is 2.39. The van der Waals surface area contributed by atoms with E-state index in [0.29, 0.717) is 0 Å². The Bertz CT molecular complexity index is 1060. The first kappa shape index (κ1) is 9.28. The van der Waals surface area contributed by atoms with Crippen molar-refractivity contribution in [3.05, 3.63) is 49.1 Å². The first-order valence-corrected chi connectivity index (χ1v) is 6.10. The monoisotopic (exact) mass is 248 g/mol. The third kappa shape index (κ3) is 0.993. The highest BCUT2D eigenvalue weighted by atomic mass is 16.3. The van der Waals surface area contributed by atoms with Gasteiger partial charge in [-0.2, -0.15) is 0 Å². The number of benzene rings is 2. The molecule has 0 aliphatic rings. The van der Waals surface area contributed by atoms with Crippen LogP contribution in [-0.4, -0.2) is 0 Å². The minimum Gasteiger partial charge on any atom is -0.464 e. The maximum Gasteiger partial charge on any atom is 0.146 e. The van der Waals surface area contributed by atoms with Gasteiger partial charge in [-0.05, 0) is 35.7 Å². The van der Waals surface area contributed by atoms with Crippen molar-refractivity contribution in [1.82, 2.24) is 0 Å². The normalized spacial score (nSPS) is 12.2. The molecule has 0 saturated heterocycles. The number of furan rings is 3. The molecular formula is C16H8O3. The lowest BCUT2D eigenvalue weighted by atomic mass is 10.0. The van der Waals surface area contributed by atoms with Gasteiger partial charge in [0.1, 0.15) is 16.7 Å². The van der Waals surface area contributed by atoms with Gasteiger partial charge in [0.25, 0.3) is 0 Å². The Kier molecular flexibility index (Phi) is 1.47. The van der Waals surface area contributed by atoms with Crippen molar-refractivity contribution in [3.63, 3.8) is 0 Å². The predicted molar refractivity (Wildman–Crippen MR) is 73.3 cm³/mol. The van der Waals surface area contributed by atoms with E-state index in [-0.39, 0.29) is 0 Å². The summed E-state index contributed by atoms with van der Waals surface area (Å²) in [5.41, 5.74) is 2.59. The fourth-order valence-electron chi connectivity index (χ4n) is 2.92. The van der Waals surface area contributed by atoms with Gasteiger partial charge < -0.3 is 13.3 Å². The molecule has 3 heterocycles. The highest BCUT2D eigenvalue weighted by molar-refractivity contribution is 6.28. The van der Waals surface area contributed by atoms with E-state index in [0.717, 1.165) is 43.7 Å². The molecule has 19 heavy (non-hydrogen) atoms. The Morgan fingerprint density at radius 3 is 2.21 bits per heavy atom. The second kappa shape index (κ2) is 3.01. The number of fused-ring (bicyclic) bond motifs is 8. The van der Waals surface area contributed by atoms with E-state index in [1.807, 2.05) is 24.3 Å². The second-order valence-electron chi connectivity index (χ2n) is 4.65. The third-order valence-electron chi connectivity index (χ3n) is 3.73. The second-order valence-corrected chi connectivity index (χ2v) is 4.65. The van der Waals surface area contributed by atoms with Crippen molar-refractivity contribution in [2.24, 2.45) is 0 Å². The summed E-state index contributed by atoms with van der Waals surface area (Å²) in [6.07, 6.45) is 5.12. The van der Waals surface area contributed by atoms with Crippen molar-refractivity contribution >= 4 is 43.7 Å². The van der Waals surface area contributed by atoms with Crippen molar-refractivity contribution in [1.29, 1.82) is 0 Å². The lowest BCUT2D eigenvalue weighted by Gasteiger charge is -2.02. The lowest BCUT2D eigenvalue weighted by Crippen LogP contribution is -1.77. The van der Waals surface area contributed by atoms with E-state index in [9.17, 15) is 0 Å². The van der Waals surface area contributed by atoms with Crippen LogP contribution >= 0.6 is 0 Å². The van der Waals surface area contributed by atoms with Gasteiger partial charge in [0.05, 0.1) is 24.2 Å². The Hall–Kier alpha value is -2.68. The lowest BCUT2D eigenvalue weighted by molar-refractivity contribution is 0.613. The van der Waals surface area contributed by atoms with Gasteiger partial charge in [-0.1, -0.05) is 0 Å². The largest absolute Gasteiger partial charge is 0.464 e. The highest BCUT2D eigenvalue weighted by Gasteiger charge is 2.16. The molecule has 0 N–H and O–H groups in total. The van der Waals surface area contributed by atoms with Crippen LogP contribution in [0.25, 0.3) is 43.7 Å². The van der Waals surface area contributed by atoms with Gasteiger partial charge in [-0.25, -0.2) is 0 Å². The van der Waals surface area contributed by atoms with Crippen LogP contribution in [0.1, 0.15) is 0 Å². The quantitative estimate of drug-likeness (QED) is 0.383. The van der Waals surface area contributed by atoms with Gasteiger partial charge >= 0.3 is 0 Å². The molecule has 0 unspecified atom stereocenters. The Morgan fingerprint density at radius 1 is 0.526 bits per heavy atom. The SMILES string of the molecule is c1cc2c(ccc3c4ccoc4c4ccoc4c23)o1. The molecule has 0 bridgehead atoms. The average Bonchev–Trinajstić information content (AvgIpc) is 3.17. The van der Waals surface area contributed by atoms with Crippen molar-refractivity contribution < 1.29 is 13.3 Å². The minimum atomic E-state index is 0.851. The van der Waals surface area contributed by atoms with Gasteiger partial charge in [0.15, 0.2) is 0 Å². The van der Waals surface area contributed by atoms with E-state index >= 15 is 0 Å². The maximum atomic E-state index is 5.68. The van der Waals surface area contributed by atoms with E-state index < -0.39 is 0 Å². The fraction of sp³-hybridized carbons (Fsp3) is 0. The summed E-state index contributed by atoms with van der Waals surface area (Å²) < 4.78 is 16.8. The topological polar surface area (TPSA) is 39.4 Å². The smallest absolute Gasteiger partial charge is 0.146 e. The standard InChI is InChI=1S/C16H8O3/c1-2-13-11(4-6-17-13)14-9(1)10-3-7-18-15(10)12-5-8-19-16(12)14/h1-8H. The van der Waals surface area contributed by atoms with Gasteiger partial charge in [0, 0.05) is 16.2 Å². The Balaban J connectivity index is 2.30. The molecule has 5 aromatic rings. The summed E-state index contributed by atoms with van der Waals surface area (Å²) >= 11 is 0. The number of hydrogen-bond donors (Lipinski definition) is 0. The first-order chi connectivity index (χ1) is 9.43. The van der Waals surface area contributed by atoms with E-state index in [1.54, 1.807) is 18.8 Å². The van der Waals surface area contributed by atoms with E-state index in [1.165, 1.54) is 0 Å². The van der Waals surface area contributed by atoms with Crippen LogP contribution in [0, 0.1) is 0 Å². The summed E-state index contributed by atoms with van der Waals surface area (Å²) in [4.78, 5) is 0. The van der Waals surface area contributed by atoms with Crippen LogP contribution in [0.15, 0.2) is 62.4 Å². The molecule has 5 rings (SSSR count). The molecule has 0 saturated carbocycles. The van der Waals surface area contributed by atoms with Crippen molar-refractivity contribution in [3.8, 4) is 0 Å². The van der Waals surface area contributed by atoms with Gasteiger partial charge in [-0.15, -0.1) is 0 Å². The average molecular weight is 248 g/mol. The molecule has 3 aromatic heterocycles. The van der Waals surface area contributed by atoms with Crippen LogP contribution < -0.4 is 0 Å². The molecule has 0 fully saturated rings. The summed E-state index contributed by atoms with van der Waals surface area (Å²) in [7, 11) is 0. The first-order valence-electron chi connectivity index (χ1n) is 6.10. The zero-order valence-corrected chi connectivity index (χ0v) is 9.84. The van der Waals surface area contributed by atoms with Gasteiger partial charge in [0.2, 0.25) is 0 Å². The Morgan fingerprint density at radius 2 is 1.26 bits per heavy atom. The number of rotatable bonds is 0. The zero-order valence-electron chi connectivity index (χ0n) is 9.84. The molecule has 0 atom stereocenters. The number of hydrogen-bond acceptors (Lipinski definition) is 3. The van der Waals surface area contributed by atoms with Crippen LogP contribution in [0.5, 0.6) is 0 Å². The van der Waals surface area contributed by atoms with Crippen LogP contribution in [0.2, 0.25) is 0 Å². The van der Waals surface area contributed by atoms with E-state index in [2.05, 4.69) is 6.07 Å². The summed E-state index contributed by atoms with van der Waals surface area (Å²) in [5.74, 6) is 0. The van der Waals surface area contributed by atoms with Crippen LogP contribution in [-0.2, 0) is 0 Å². The molecule has 2 aromatic carbocycles. The third-order valence-corrected chi connectivity index (χ3v) is 3.73. The zero-order chi connectivity index (χ0) is 12.4. The molecule has 0 amide bonds. The maximum absolute atomic E-state index is 5.68. The van der Waals surface area contributed by atoms with E-state index in [4.69, 9.17) is 13.3 Å². The molecule has 0 aliphatic carbocycles. The van der Waals surface area contributed by atoms with Crippen LogP contribution in [0.3, 0.4) is 0 Å². The molecular weight excluding hydrogens is 240 g/mol. The molecule has 90 valence electrons. The summed E-state index contributed by atoms with van der Waals surface area (Å²) in [5, 5.41) is 5.38. The van der Waals surface area contributed by atoms with Crippen molar-refractivity contribution in [2.45, 2.75) is 0 Å². The molecule has 0 radical (unpaired) electrons.